The molecular weight excluding hydrogens is 372 g/mol. The minimum Gasteiger partial charge on any atom is -0.449 e. The van der Waals surface area contributed by atoms with Crippen molar-refractivity contribution in [2.24, 2.45) is 0 Å². The Morgan fingerprint density at radius 3 is 2.81 bits per heavy atom. The van der Waals surface area contributed by atoms with Crippen LogP contribution in [-0.2, 0) is 20.0 Å². The van der Waals surface area contributed by atoms with E-state index in [0.717, 1.165) is 15.6 Å². The van der Waals surface area contributed by atoms with Gasteiger partial charge in [0.05, 0.1) is 12.2 Å². The Morgan fingerprint density at radius 1 is 1.35 bits per heavy atom. The van der Waals surface area contributed by atoms with Crippen LogP contribution in [0.25, 0.3) is 0 Å². The van der Waals surface area contributed by atoms with Gasteiger partial charge < -0.3 is 14.8 Å². The van der Waals surface area contributed by atoms with E-state index in [0.29, 0.717) is 24.5 Å². The first-order valence-electron chi connectivity index (χ1n) is 8.11. The Kier molecular flexibility index (Phi) is 8.08. The van der Waals surface area contributed by atoms with Crippen molar-refractivity contribution < 1.29 is 19.1 Å². The first-order valence-corrected chi connectivity index (χ1v) is 9.98. The molecule has 140 valence electrons. The molecule has 0 saturated carbocycles. The van der Waals surface area contributed by atoms with E-state index in [4.69, 9.17) is 9.47 Å². The van der Waals surface area contributed by atoms with Gasteiger partial charge in [-0.2, -0.15) is 0 Å². The van der Waals surface area contributed by atoms with Gasteiger partial charge in [-0.3, -0.25) is 4.79 Å². The number of aromatic nitrogens is 1. The third kappa shape index (κ3) is 6.12. The predicted molar refractivity (Wildman–Crippen MR) is 103 cm³/mol. The molecule has 0 unspecified atom stereocenters. The van der Waals surface area contributed by atoms with Crippen LogP contribution in [0.3, 0.4) is 0 Å². The highest BCUT2D eigenvalue weighted by Crippen LogP contribution is 2.27. The van der Waals surface area contributed by atoms with Crippen molar-refractivity contribution in [2.45, 2.75) is 30.0 Å². The minimum absolute atomic E-state index is 0.347. The van der Waals surface area contributed by atoms with E-state index in [1.54, 1.807) is 49.3 Å². The van der Waals surface area contributed by atoms with E-state index in [2.05, 4.69) is 10.3 Å². The van der Waals surface area contributed by atoms with Gasteiger partial charge in [-0.05, 0) is 25.5 Å². The fraction of sp³-hybridized carbons (Fsp3) is 0.389. The van der Waals surface area contributed by atoms with E-state index in [1.165, 1.54) is 0 Å². The molecule has 1 heterocycles. The fourth-order valence-corrected chi connectivity index (χ4v) is 3.93. The summed E-state index contributed by atoms with van der Waals surface area (Å²) in [6, 6.07) is 7.25. The lowest BCUT2D eigenvalue weighted by molar-refractivity contribution is -0.129. The number of ether oxygens (including phenoxy) is 2. The Morgan fingerprint density at radius 2 is 2.12 bits per heavy atom. The van der Waals surface area contributed by atoms with Gasteiger partial charge in [0.15, 0.2) is 6.10 Å². The number of hydrogen-bond acceptors (Lipinski definition) is 7. The number of thioether (sulfide) groups is 1. The first kappa shape index (κ1) is 20.4. The lowest BCUT2D eigenvalue weighted by Crippen LogP contribution is -2.37. The number of carbonyl (C=O) groups excluding carboxylic acids is 2. The molecule has 0 aliphatic heterocycles. The second-order valence-electron chi connectivity index (χ2n) is 5.53. The van der Waals surface area contributed by atoms with Gasteiger partial charge in [0.2, 0.25) is 0 Å². The summed E-state index contributed by atoms with van der Waals surface area (Å²) in [7, 11) is 1.55. The van der Waals surface area contributed by atoms with Crippen LogP contribution in [0.15, 0.2) is 34.0 Å². The molecule has 26 heavy (non-hydrogen) atoms. The van der Waals surface area contributed by atoms with Crippen molar-refractivity contribution in [3.05, 3.63) is 46.5 Å². The standard InChI is InChI=1S/C18H22N2O4S2/c1-12-10-25-18(20-12)26-11-14-6-4-5-7-15(14)17(22)24-13(2)16(21)19-8-9-23-3/h4-7,10,13H,8-9,11H2,1-3H3,(H,19,21)/t13-/m0/s1. The van der Waals surface area contributed by atoms with Crippen molar-refractivity contribution in [3.63, 3.8) is 0 Å². The minimum atomic E-state index is -0.873. The number of methoxy groups -OCH3 is 1. The Labute approximate surface area is 161 Å². The van der Waals surface area contributed by atoms with Gasteiger partial charge in [-0.1, -0.05) is 30.0 Å². The van der Waals surface area contributed by atoms with Crippen LogP contribution in [0.4, 0.5) is 0 Å². The van der Waals surface area contributed by atoms with Crippen molar-refractivity contribution in [2.75, 3.05) is 20.3 Å². The molecule has 1 N–H and O–H groups in total. The quantitative estimate of drug-likeness (QED) is 0.400. The van der Waals surface area contributed by atoms with Crippen LogP contribution >= 0.6 is 23.1 Å². The summed E-state index contributed by atoms with van der Waals surface area (Å²) in [6.07, 6.45) is -0.873. The smallest absolute Gasteiger partial charge is 0.339 e. The normalized spacial score (nSPS) is 11.8. The molecule has 1 aromatic carbocycles. The topological polar surface area (TPSA) is 77.5 Å². The third-order valence-electron chi connectivity index (χ3n) is 3.44. The zero-order valence-electron chi connectivity index (χ0n) is 15.0. The van der Waals surface area contributed by atoms with Gasteiger partial charge in [-0.15, -0.1) is 11.3 Å². The van der Waals surface area contributed by atoms with Gasteiger partial charge in [-0.25, -0.2) is 9.78 Å². The summed E-state index contributed by atoms with van der Waals surface area (Å²) in [4.78, 5) is 28.8. The summed E-state index contributed by atoms with van der Waals surface area (Å²) >= 11 is 3.15. The highest BCUT2D eigenvalue weighted by Gasteiger charge is 2.20. The fourth-order valence-electron chi connectivity index (χ4n) is 2.08. The summed E-state index contributed by atoms with van der Waals surface area (Å²) in [6.45, 7) is 4.28. The van der Waals surface area contributed by atoms with Gasteiger partial charge in [0.1, 0.15) is 4.34 Å². The number of carbonyl (C=O) groups is 2. The lowest BCUT2D eigenvalue weighted by atomic mass is 10.1. The van der Waals surface area contributed by atoms with E-state index in [-0.39, 0.29) is 5.91 Å². The third-order valence-corrected chi connectivity index (χ3v) is 5.63. The maximum Gasteiger partial charge on any atom is 0.339 e. The van der Waals surface area contributed by atoms with Gasteiger partial charge >= 0.3 is 5.97 Å². The van der Waals surface area contributed by atoms with Crippen molar-refractivity contribution in [1.82, 2.24) is 10.3 Å². The molecule has 0 saturated heterocycles. The molecular formula is C18H22N2O4S2. The predicted octanol–water partition coefficient (Wildman–Crippen LogP) is 3.05. The molecule has 1 aromatic heterocycles. The van der Waals surface area contributed by atoms with Gasteiger partial charge in [0.25, 0.3) is 5.91 Å². The number of nitrogens with one attached hydrogen (secondary N) is 1. The first-order chi connectivity index (χ1) is 12.5. The average Bonchev–Trinajstić information content (AvgIpc) is 3.05. The molecule has 0 bridgehead atoms. The Balaban J connectivity index is 1.96. The van der Waals surface area contributed by atoms with Crippen molar-refractivity contribution in [1.29, 1.82) is 0 Å². The Hall–Kier alpha value is -1.90. The van der Waals surface area contributed by atoms with E-state index >= 15 is 0 Å². The molecule has 0 radical (unpaired) electrons. The lowest BCUT2D eigenvalue weighted by Gasteiger charge is -2.14. The van der Waals surface area contributed by atoms with Crippen LogP contribution in [0, 0.1) is 6.92 Å². The van der Waals surface area contributed by atoms with Crippen LogP contribution < -0.4 is 5.32 Å². The summed E-state index contributed by atoms with van der Waals surface area (Å²) < 4.78 is 11.1. The monoisotopic (exact) mass is 394 g/mol. The molecule has 0 fully saturated rings. The largest absolute Gasteiger partial charge is 0.449 e. The number of amides is 1. The highest BCUT2D eigenvalue weighted by molar-refractivity contribution is 8.00. The molecule has 2 aromatic rings. The van der Waals surface area contributed by atoms with Crippen LogP contribution in [0.5, 0.6) is 0 Å². The Bertz CT molecular complexity index is 748. The summed E-state index contributed by atoms with van der Waals surface area (Å²) in [5, 5.41) is 4.64. The number of thiazole rings is 1. The van der Waals surface area contributed by atoms with E-state index < -0.39 is 12.1 Å². The molecule has 0 aliphatic rings. The zero-order chi connectivity index (χ0) is 18.9. The van der Waals surface area contributed by atoms with Crippen LogP contribution in [-0.4, -0.2) is 43.2 Å². The number of esters is 1. The summed E-state index contributed by atoms with van der Waals surface area (Å²) in [5.74, 6) is -0.251. The summed E-state index contributed by atoms with van der Waals surface area (Å²) in [5.41, 5.74) is 2.30. The number of aryl methyl sites for hydroxylation is 1. The molecule has 2 rings (SSSR count). The molecule has 6 nitrogen and oxygen atoms in total. The molecule has 1 amide bonds. The number of rotatable bonds is 9. The second kappa shape index (κ2) is 10.3. The molecule has 0 aliphatic carbocycles. The highest BCUT2D eigenvalue weighted by atomic mass is 32.2. The number of benzene rings is 1. The number of hydrogen-bond donors (Lipinski definition) is 1. The maximum absolute atomic E-state index is 12.5. The molecule has 1 atom stereocenters. The van der Waals surface area contributed by atoms with Gasteiger partial charge in [0, 0.05) is 30.5 Å². The molecule has 8 heteroatoms. The van der Waals surface area contributed by atoms with E-state index in [1.807, 2.05) is 24.4 Å². The van der Waals surface area contributed by atoms with Crippen LogP contribution in [0.2, 0.25) is 0 Å². The molecule has 0 spiro atoms. The second-order valence-corrected chi connectivity index (χ2v) is 7.61. The SMILES string of the molecule is COCCNC(=O)[C@H](C)OC(=O)c1ccccc1CSc1nc(C)cs1. The maximum atomic E-state index is 12.5. The van der Waals surface area contributed by atoms with E-state index in [9.17, 15) is 9.59 Å². The van der Waals surface area contributed by atoms with Crippen molar-refractivity contribution in [3.8, 4) is 0 Å². The van der Waals surface area contributed by atoms with Crippen LogP contribution in [0.1, 0.15) is 28.5 Å². The average molecular weight is 395 g/mol. The van der Waals surface area contributed by atoms with Crippen molar-refractivity contribution >= 4 is 35.0 Å². The number of nitrogens with zero attached hydrogens (tertiary/aromatic N) is 1. The zero-order valence-corrected chi connectivity index (χ0v) is 16.6.